The Labute approximate surface area is 104 Å². The van der Waals surface area contributed by atoms with Crippen LogP contribution in [0.4, 0.5) is 5.95 Å². The molecule has 0 radical (unpaired) electrons. The lowest BCUT2D eigenvalue weighted by molar-refractivity contribution is 0.200. The van der Waals surface area contributed by atoms with Gasteiger partial charge in [-0.3, -0.25) is 5.10 Å². The molecule has 2 rings (SSSR count). The van der Waals surface area contributed by atoms with Crippen molar-refractivity contribution in [1.82, 2.24) is 20.2 Å². The summed E-state index contributed by atoms with van der Waals surface area (Å²) in [5.41, 5.74) is 0.763. The molecule has 6 nitrogen and oxygen atoms in total. The first-order valence-corrected chi connectivity index (χ1v) is 6.34. The molecule has 0 aromatic carbocycles. The Morgan fingerprint density at radius 1 is 1.47 bits per heavy atom. The summed E-state index contributed by atoms with van der Waals surface area (Å²) >= 11 is 1.69. The average Bonchev–Trinajstić information content (AvgIpc) is 2.82. The van der Waals surface area contributed by atoms with Gasteiger partial charge in [-0.2, -0.15) is 10.1 Å². The molecule has 0 fully saturated rings. The number of thioether (sulfide) groups is 1. The van der Waals surface area contributed by atoms with Gasteiger partial charge in [0.05, 0.1) is 11.6 Å². The molecule has 0 aliphatic rings. The second-order valence-electron chi connectivity index (χ2n) is 3.43. The maximum absolute atomic E-state index is 5.02. The van der Waals surface area contributed by atoms with Gasteiger partial charge in [0.15, 0.2) is 5.65 Å². The number of hydrogen-bond acceptors (Lipinski definition) is 6. The molecule has 0 spiro atoms. The van der Waals surface area contributed by atoms with Gasteiger partial charge in [-0.1, -0.05) is 0 Å². The van der Waals surface area contributed by atoms with Crippen molar-refractivity contribution in [3.8, 4) is 0 Å². The largest absolute Gasteiger partial charge is 0.385 e. The molecule has 2 heterocycles. The van der Waals surface area contributed by atoms with Crippen molar-refractivity contribution in [2.75, 3.05) is 31.8 Å². The molecule has 0 aliphatic carbocycles. The van der Waals surface area contributed by atoms with Crippen LogP contribution < -0.4 is 5.32 Å². The minimum Gasteiger partial charge on any atom is -0.385 e. The zero-order valence-corrected chi connectivity index (χ0v) is 10.7. The highest BCUT2D eigenvalue weighted by Crippen LogP contribution is 2.25. The molecular weight excluding hydrogens is 238 g/mol. The van der Waals surface area contributed by atoms with Gasteiger partial charge >= 0.3 is 0 Å². The van der Waals surface area contributed by atoms with E-state index >= 15 is 0 Å². The topological polar surface area (TPSA) is 75.7 Å². The monoisotopic (exact) mass is 253 g/mol. The molecule has 7 heteroatoms. The Hall–Kier alpha value is -1.34. The molecular formula is C10H15N5OS. The Bertz CT molecular complexity index is 487. The van der Waals surface area contributed by atoms with Crippen molar-refractivity contribution in [3.63, 3.8) is 0 Å². The minimum atomic E-state index is 0.607. The maximum atomic E-state index is 5.02. The molecule has 0 unspecified atom stereocenters. The second-order valence-corrected chi connectivity index (χ2v) is 4.51. The predicted octanol–water partition coefficient (Wildman–Crippen LogP) is 1.52. The number of anilines is 1. The van der Waals surface area contributed by atoms with E-state index in [-0.39, 0.29) is 0 Å². The van der Waals surface area contributed by atoms with E-state index in [1.165, 1.54) is 0 Å². The van der Waals surface area contributed by atoms with E-state index in [2.05, 4.69) is 25.5 Å². The van der Waals surface area contributed by atoms with Crippen LogP contribution in [0.5, 0.6) is 0 Å². The molecule has 2 aromatic rings. The quantitative estimate of drug-likeness (QED) is 0.462. The SMILES string of the molecule is CNc1nc(SCCCOC)c2cn[nH]c2n1. The Kier molecular flexibility index (Phi) is 4.16. The number of aromatic amines is 1. The van der Waals surface area contributed by atoms with Crippen LogP contribution in [0, 0.1) is 0 Å². The van der Waals surface area contributed by atoms with Crippen LogP contribution in [0.15, 0.2) is 11.2 Å². The van der Waals surface area contributed by atoms with Crippen LogP contribution in [0.25, 0.3) is 11.0 Å². The summed E-state index contributed by atoms with van der Waals surface area (Å²) in [5, 5.41) is 11.7. The highest BCUT2D eigenvalue weighted by atomic mass is 32.2. The van der Waals surface area contributed by atoms with Gasteiger partial charge in [-0.05, 0) is 6.42 Å². The fraction of sp³-hybridized carbons (Fsp3) is 0.500. The Morgan fingerprint density at radius 2 is 2.35 bits per heavy atom. The van der Waals surface area contributed by atoms with Crippen molar-refractivity contribution in [2.24, 2.45) is 0 Å². The third kappa shape index (κ3) is 2.86. The van der Waals surface area contributed by atoms with Crippen molar-refractivity contribution >= 4 is 28.7 Å². The second kappa shape index (κ2) is 5.83. The first kappa shape index (κ1) is 12.1. The standard InChI is InChI=1S/C10H15N5OS/c1-11-10-13-8-7(6-12-15-8)9(14-10)17-5-3-4-16-2/h6H,3-5H2,1-2H3,(H2,11,12,13,14,15). The summed E-state index contributed by atoms with van der Waals surface area (Å²) in [6.45, 7) is 0.769. The van der Waals surface area contributed by atoms with Crippen LogP contribution in [-0.4, -0.2) is 46.7 Å². The van der Waals surface area contributed by atoms with Crippen LogP contribution in [0.1, 0.15) is 6.42 Å². The predicted molar refractivity (Wildman–Crippen MR) is 68.4 cm³/mol. The number of nitrogens with one attached hydrogen (secondary N) is 2. The Morgan fingerprint density at radius 3 is 3.12 bits per heavy atom. The van der Waals surface area contributed by atoms with Crippen molar-refractivity contribution in [1.29, 1.82) is 0 Å². The summed E-state index contributed by atoms with van der Waals surface area (Å²) in [6, 6.07) is 0. The molecule has 0 amide bonds. The molecule has 17 heavy (non-hydrogen) atoms. The van der Waals surface area contributed by atoms with Gasteiger partial charge in [0.25, 0.3) is 0 Å². The van der Waals surface area contributed by atoms with E-state index < -0.39 is 0 Å². The van der Waals surface area contributed by atoms with Gasteiger partial charge < -0.3 is 10.1 Å². The number of methoxy groups -OCH3 is 1. The van der Waals surface area contributed by atoms with Crippen LogP contribution in [-0.2, 0) is 4.74 Å². The zero-order valence-electron chi connectivity index (χ0n) is 9.86. The first-order chi connectivity index (χ1) is 8.35. The number of aromatic nitrogens is 4. The molecule has 0 saturated carbocycles. The van der Waals surface area contributed by atoms with E-state index in [9.17, 15) is 0 Å². The van der Waals surface area contributed by atoms with Crippen LogP contribution in [0.3, 0.4) is 0 Å². The van der Waals surface area contributed by atoms with Crippen molar-refractivity contribution in [3.05, 3.63) is 6.20 Å². The summed E-state index contributed by atoms with van der Waals surface area (Å²) in [4.78, 5) is 8.71. The molecule has 2 aromatic heterocycles. The van der Waals surface area contributed by atoms with Gasteiger partial charge in [0, 0.05) is 26.5 Å². The molecule has 0 bridgehead atoms. The van der Waals surface area contributed by atoms with Crippen molar-refractivity contribution < 1.29 is 4.74 Å². The summed E-state index contributed by atoms with van der Waals surface area (Å²) < 4.78 is 5.02. The van der Waals surface area contributed by atoms with Gasteiger partial charge in [0.2, 0.25) is 5.95 Å². The smallest absolute Gasteiger partial charge is 0.225 e. The molecule has 2 N–H and O–H groups in total. The number of H-pyrrole nitrogens is 1. The van der Waals surface area contributed by atoms with Gasteiger partial charge in [0.1, 0.15) is 5.03 Å². The average molecular weight is 253 g/mol. The normalized spacial score (nSPS) is 10.9. The first-order valence-electron chi connectivity index (χ1n) is 5.35. The van der Waals surface area contributed by atoms with E-state index in [4.69, 9.17) is 4.74 Å². The number of hydrogen-bond donors (Lipinski definition) is 2. The van der Waals surface area contributed by atoms with E-state index in [1.807, 2.05) is 0 Å². The van der Waals surface area contributed by atoms with Crippen LogP contribution in [0.2, 0.25) is 0 Å². The third-order valence-corrected chi connectivity index (χ3v) is 3.31. The zero-order chi connectivity index (χ0) is 12.1. The number of ether oxygens (including phenoxy) is 1. The number of rotatable bonds is 6. The molecule has 92 valence electrons. The van der Waals surface area contributed by atoms with E-state index in [0.29, 0.717) is 5.95 Å². The highest BCUT2D eigenvalue weighted by Gasteiger charge is 2.08. The lowest BCUT2D eigenvalue weighted by atomic mass is 10.4. The number of nitrogens with zero attached hydrogens (tertiary/aromatic N) is 3. The summed E-state index contributed by atoms with van der Waals surface area (Å²) in [7, 11) is 3.51. The number of fused-ring (bicyclic) bond motifs is 1. The van der Waals surface area contributed by atoms with Gasteiger partial charge in [-0.15, -0.1) is 11.8 Å². The summed E-state index contributed by atoms with van der Waals surface area (Å²) in [6.07, 6.45) is 2.76. The third-order valence-electron chi connectivity index (χ3n) is 2.23. The Balaban J connectivity index is 2.16. The fourth-order valence-electron chi connectivity index (χ4n) is 1.40. The summed E-state index contributed by atoms with van der Waals surface area (Å²) in [5.74, 6) is 1.57. The molecule has 0 atom stereocenters. The van der Waals surface area contributed by atoms with E-state index in [1.54, 1.807) is 32.1 Å². The molecule has 0 saturated heterocycles. The molecule has 0 aliphatic heterocycles. The van der Waals surface area contributed by atoms with Gasteiger partial charge in [-0.25, -0.2) is 4.98 Å². The highest BCUT2D eigenvalue weighted by molar-refractivity contribution is 7.99. The lowest BCUT2D eigenvalue weighted by Gasteiger charge is -2.04. The fourth-order valence-corrected chi connectivity index (χ4v) is 2.31. The van der Waals surface area contributed by atoms with Crippen molar-refractivity contribution in [2.45, 2.75) is 11.4 Å². The minimum absolute atomic E-state index is 0.607. The maximum Gasteiger partial charge on any atom is 0.225 e. The lowest BCUT2D eigenvalue weighted by Crippen LogP contribution is -1.98. The van der Waals surface area contributed by atoms with Crippen LogP contribution >= 0.6 is 11.8 Å². The van der Waals surface area contributed by atoms with E-state index in [0.717, 1.165) is 34.8 Å².